The van der Waals surface area contributed by atoms with Crippen molar-refractivity contribution in [3.05, 3.63) is 23.1 Å². The van der Waals surface area contributed by atoms with Gasteiger partial charge >= 0.3 is 0 Å². The smallest absolute Gasteiger partial charge is 0.259 e. The summed E-state index contributed by atoms with van der Waals surface area (Å²) in [5.74, 6) is 0. The van der Waals surface area contributed by atoms with Gasteiger partial charge in [0, 0.05) is 23.2 Å². The summed E-state index contributed by atoms with van der Waals surface area (Å²) in [5.41, 5.74) is 3.85. The molecule has 1 aromatic rings. The van der Waals surface area contributed by atoms with E-state index in [-0.39, 0.29) is 0 Å². The minimum absolute atomic E-state index is 0.516. The summed E-state index contributed by atoms with van der Waals surface area (Å²) in [6.45, 7) is 0. The van der Waals surface area contributed by atoms with E-state index in [1.807, 2.05) is 18.3 Å². The fourth-order valence-electron chi connectivity index (χ4n) is 1.08. The van der Waals surface area contributed by atoms with Crippen molar-refractivity contribution in [2.24, 2.45) is 0 Å². The molecule has 0 aliphatic rings. The van der Waals surface area contributed by atoms with Gasteiger partial charge in [-0.1, -0.05) is 0 Å². The van der Waals surface area contributed by atoms with Gasteiger partial charge in [0.25, 0.3) is 5.69 Å². The Balaban J connectivity index is 3.02. The van der Waals surface area contributed by atoms with Crippen LogP contribution < -0.4 is 16.0 Å². The van der Waals surface area contributed by atoms with Gasteiger partial charge in [0.05, 0.1) is 18.9 Å². The number of nitroso groups, excluding NO2 is 1. The maximum Gasteiger partial charge on any atom is 0.259 e. The molecule has 0 amide bonds. The standard InChI is InChI=1S/C8H11N3O2/c1-9-7-4-3-6(10-12)5-8(7)11-13-2/h3-5,9,11H,1-2H3/p+2. The zero-order valence-corrected chi connectivity index (χ0v) is 7.63. The monoisotopic (exact) mass is 183 g/mol. The van der Waals surface area contributed by atoms with E-state index in [1.54, 1.807) is 24.7 Å². The Hall–Kier alpha value is -1.46. The predicted octanol–water partition coefficient (Wildman–Crippen LogP) is -1.04. The summed E-state index contributed by atoms with van der Waals surface area (Å²) in [6.07, 6.45) is 0. The zero-order chi connectivity index (χ0) is 9.68. The van der Waals surface area contributed by atoms with Crippen molar-refractivity contribution in [1.29, 1.82) is 0 Å². The molecule has 13 heavy (non-hydrogen) atoms. The molecule has 0 heterocycles. The van der Waals surface area contributed by atoms with Crippen molar-refractivity contribution < 1.29 is 15.5 Å². The second-order valence-corrected chi connectivity index (χ2v) is 2.51. The maximum absolute atomic E-state index is 10.4. The minimum Gasteiger partial charge on any atom is -0.383 e. The molecular weight excluding hydrogens is 170 g/mol. The Morgan fingerprint density at radius 3 is 2.85 bits per heavy atom. The first-order valence-electron chi connectivity index (χ1n) is 3.87. The van der Waals surface area contributed by atoms with Crippen LogP contribution in [-0.2, 0) is 4.84 Å². The number of hydrogen-bond donors (Lipinski definition) is 3. The molecule has 0 unspecified atom stereocenters. The van der Waals surface area contributed by atoms with Crippen molar-refractivity contribution in [2.45, 2.75) is 0 Å². The number of rotatable bonds is 4. The summed E-state index contributed by atoms with van der Waals surface area (Å²) in [7, 11) is 3.38. The van der Waals surface area contributed by atoms with Crippen LogP contribution in [-0.4, -0.2) is 14.2 Å². The lowest BCUT2D eigenvalue weighted by molar-refractivity contribution is -0.829. The second-order valence-electron chi connectivity index (χ2n) is 2.51. The molecule has 0 saturated carbocycles. The summed E-state index contributed by atoms with van der Waals surface area (Å²) < 4.78 is 0. The van der Waals surface area contributed by atoms with E-state index < -0.39 is 0 Å². The number of nitrogens with two attached hydrogens (primary N) is 1. The largest absolute Gasteiger partial charge is 0.383 e. The second kappa shape index (κ2) is 4.54. The van der Waals surface area contributed by atoms with Gasteiger partial charge in [0.15, 0.2) is 5.69 Å². The Kier molecular flexibility index (Phi) is 3.36. The van der Waals surface area contributed by atoms with E-state index in [0.717, 1.165) is 11.4 Å². The van der Waals surface area contributed by atoms with E-state index in [1.165, 1.54) is 0 Å². The molecule has 0 atom stereocenters. The predicted molar refractivity (Wildman–Crippen MR) is 48.6 cm³/mol. The van der Waals surface area contributed by atoms with Crippen molar-refractivity contribution in [3.8, 4) is 0 Å². The quantitative estimate of drug-likeness (QED) is 0.412. The van der Waals surface area contributed by atoms with Crippen molar-refractivity contribution in [1.82, 2.24) is 0 Å². The minimum atomic E-state index is 0.516. The number of anilines is 1. The highest BCUT2D eigenvalue weighted by atomic mass is 16.6. The number of benzene rings is 1. The average Bonchev–Trinajstić information content (AvgIpc) is 2.18. The van der Waals surface area contributed by atoms with E-state index in [9.17, 15) is 4.91 Å². The fourth-order valence-corrected chi connectivity index (χ4v) is 1.08. The molecule has 0 fully saturated rings. The summed E-state index contributed by atoms with van der Waals surface area (Å²) >= 11 is 0. The lowest BCUT2D eigenvalue weighted by Gasteiger charge is -2.02. The molecule has 1 rings (SSSR count). The summed E-state index contributed by atoms with van der Waals surface area (Å²) in [5, 5.41) is 4.81. The third-order valence-electron chi connectivity index (χ3n) is 1.68. The molecule has 5 heteroatoms. The van der Waals surface area contributed by atoms with E-state index in [4.69, 9.17) is 4.84 Å². The number of hydrogen-bond acceptors (Lipinski definition) is 3. The molecule has 0 radical (unpaired) electrons. The highest BCUT2D eigenvalue weighted by Crippen LogP contribution is 2.18. The van der Waals surface area contributed by atoms with E-state index in [0.29, 0.717) is 5.69 Å². The Bertz CT molecular complexity index is 301. The molecule has 0 aromatic heterocycles. The molecular formula is C8H13N3O2+2. The molecule has 0 aliphatic carbocycles. The average molecular weight is 183 g/mol. The maximum atomic E-state index is 10.4. The van der Waals surface area contributed by atoms with Gasteiger partial charge in [-0.25, -0.2) is 4.84 Å². The van der Waals surface area contributed by atoms with Crippen LogP contribution in [0.1, 0.15) is 0 Å². The summed E-state index contributed by atoms with van der Waals surface area (Å²) in [6, 6.07) is 5.22. The van der Waals surface area contributed by atoms with Gasteiger partial charge in [-0.15, -0.1) is 0 Å². The van der Waals surface area contributed by atoms with Crippen molar-refractivity contribution >= 4 is 17.1 Å². The summed E-state index contributed by atoms with van der Waals surface area (Å²) in [4.78, 5) is 15.2. The Labute approximate surface area is 76.0 Å². The van der Waals surface area contributed by atoms with Crippen molar-refractivity contribution in [3.63, 3.8) is 0 Å². The highest BCUT2D eigenvalue weighted by Gasteiger charge is 2.09. The Morgan fingerprint density at radius 2 is 2.31 bits per heavy atom. The van der Waals surface area contributed by atoms with Crippen molar-refractivity contribution in [2.75, 3.05) is 19.5 Å². The molecule has 0 aliphatic heterocycles. The molecule has 1 aromatic carbocycles. The third-order valence-corrected chi connectivity index (χ3v) is 1.68. The molecule has 0 bridgehead atoms. The van der Waals surface area contributed by atoms with Crippen LogP contribution in [0, 0.1) is 4.91 Å². The van der Waals surface area contributed by atoms with E-state index >= 15 is 0 Å². The first-order chi connectivity index (χ1) is 6.31. The highest BCUT2D eigenvalue weighted by molar-refractivity contribution is 5.63. The number of nitrogens with one attached hydrogen (secondary N) is 2. The Morgan fingerprint density at radius 1 is 1.54 bits per heavy atom. The van der Waals surface area contributed by atoms with Crippen LogP contribution in [0.25, 0.3) is 0 Å². The molecule has 5 nitrogen and oxygen atoms in total. The van der Waals surface area contributed by atoms with E-state index in [2.05, 4.69) is 5.32 Å². The topological polar surface area (TPSA) is 68.9 Å². The van der Waals surface area contributed by atoms with Crippen LogP contribution in [0.15, 0.2) is 18.2 Å². The lowest BCUT2D eigenvalue weighted by atomic mass is 10.2. The first-order valence-corrected chi connectivity index (χ1v) is 3.87. The molecule has 70 valence electrons. The van der Waals surface area contributed by atoms with Gasteiger partial charge in [-0.3, -0.25) is 0 Å². The van der Waals surface area contributed by atoms with Gasteiger partial charge in [0.2, 0.25) is 0 Å². The fraction of sp³-hybridized carbons (Fsp3) is 0.250. The third kappa shape index (κ3) is 2.24. The molecule has 0 spiro atoms. The van der Waals surface area contributed by atoms with Crippen LogP contribution in [0.3, 0.4) is 0 Å². The van der Waals surface area contributed by atoms with Gasteiger partial charge in [-0.05, 0) is 6.07 Å². The lowest BCUT2D eigenvalue weighted by Crippen LogP contribution is -2.76. The van der Waals surface area contributed by atoms with Crippen LogP contribution in [0.4, 0.5) is 17.1 Å². The van der Waals surface area contributed by atoms with Gasteiger partial charge < -0.3 is 5.32 Å². The first kappa shape index (κ1) is 9.63. The SMILES string of the molecule is CNc1ccc([NH+]=O)cc1[NH2+]OC. The van der Waals surface area contributed by atoms with Crippen LogP contribution in [0.5, 0.6) is 0 Å². The van der Waals surface area contributed by atoms with Gasteiger partial charge in [0.1, 0.15) is 0 Å². The molecule has 4 N–H and O–H groups in total. The van der Waals surface area contributed by atoms with Crippen LogP contribution >= 0.6 is 0 Å². The number of quaternary nitrogens is 1. The van der Waals surface area contributed by atoms with Gasteiger partial charge in [-0.2, -0.15) is 5.48 Å². The van der Waals surface area contributed by atoms with Crippen LogP contribution in [0.2, 0.25) is 0 Å². The molecule has 0 saturated heterocycles. The zero-order valence-electron chi connectivity index (χ0n) is 7.63. The normalized spacial score (nSPS) is 9.69.